The minimum atomic E-state index is -0.206. The van der Waals surface area contributed by atoms with Crippen molar-refractivity contribution in [3.8, 4) is 0 Å². The predicted octanol–water partition coefficient (Wildman–Crippen LogP) is 0.953. The number of carbonyl (C=O) groups excluding carboxylic acids is 1. The molecule has 0 aromatic heterocycles. The number of rotatable bonds is 7. The van der Waals surface area contributed by atoms with E-state index in [-0.39, 0.29) is 18.1 Å². The second-order valence-corrected chi connectivity index (χ2v) is 3.34. The molecule has 0 aliphatic heterocycles. The number of hydrogen-bond acceptors (Lipinski definition) is 4. The Morgan fingerprint density at radius 2 is 2.00 bits per heavy atom. The van der Waals surface area contributed by atoms with E-state index in [1.165, 1.54) is 0 Å². The van der Waals surface area contributed by atoms with Crippen molar-refractivity contribution < 1.29 is 14.3 Å². The van der Waals surface area contributed by atoms with E-state index in [0.29, 0.717) is 13.2 Å². The van der Waals surface area contributed by atoms with Gasteiger partial charge in [-0.2, -0.15) is 0 Å². The zero-order chi connectivity index (χ0) is 11.0. The molecule has 0 aromatic rings. The molecule has 84 valence electrons. The van der Waals surface area contributed by atoms with Crippen LogP contribution in [0.1, 0.15) is 27.2 Å². The molecule has 1 unspecified atom stereocenters. The molecule has 0 radical (unpaired) electrons. The fraction of sp³-hybridized carbons (Fsp3) is 0.900. The van der Waals surface area contributed by atoms with E-state index >= 15 is 0 Å². The molecule has 1 atom stereocenters. The lowest BCUT2D eigenvalue weighted by atomic mass is 10.2. The van der Waals surface area contributed by atoms with Crippen LogP contribution >= 0.6 is 0 Å². The zero-order valence-corrected chi connectivity index (χ0v) is 9.50. The Balaban J connectivity index is 3.52. The van der Waals surface area contributed by atoms with Crippen LogP contribution in [0.25, 0.3) is 0 Å². The van der Waals surface area contributed by atoms with Crippen LogP contribution in [-0.2, 0) is 14.3 Å². The molecule has 0 aliphatic carbocycles. The molecule has 1 N–H and O–H groups in total. The summed E-state index contributed by atoms with van der Waals surface area (Å²) in [6, 6.07) is -0.200. The maximum absolute atomic E-state index is 11.3. The van der Waals surface area contributed by atoms with Gasteiger partial charge in [-0.05, 0) is 27.3 Å². The van der Waals surface area contributed by atoms with Gasteiger partial charge in [0.15, 0.2) is 0 Å². The van der Waals surface area contributed by atoms with E-state index < -0.39 is 0 Å². The second kappa shape index (κ2) is 7.76. The first-order chi connectivity index (χ1) is 6.61. The molecule has 4 nitrogen and oxygen atoms in total. The van der Waals surface area contributed by atoms with E-state index in [9.17, 15) is 4.79 Å². The summed E-state index contributed by atoms with van der Waals surface area (Å²) in [6.45, 7) is 6.63. The number of hydrogen-bond donors (Lipinski definition) is 1. The van der Waals surface area contributed by atoms with E-state index in [4.69, 9.17) is 9.47 Å². The summed E-state index contributed by atoms with van der Waals surface area (Å²) in [5, 5.41) is 2.89. The van der Waals surface area contributed by atoms with Crippen LogP contribution in [0.3, 0.4) is 0 Å². The first kappa shape index (κ1) is 13.4. The van der Waals surface area contributed by atoms with Gasteiger partial charge >= 0.3 is 5.97 Å². The third-order valence-corrected chi connectivity index (χ3v) is 1.82. The van der Waals surface area contributed by atoms with Gasteiger partial charge in [0.2, 0.25) is 0 Å². The molecule has 4 heteroatoms. The van der Waals surface area contributed by atoms with Gasteiger partial charge in [0.05, 0.1) is 12.7 Å². The summed E-state index contributed by atoms with van der Waals surface area (Å²) in [5.74, 6) is -0.206. The van der Waals surface area contributed by atoms with Crippen LogP contribution in [0.2, 0.25) is 0 Å². The lowest BCUT2D eigenvalue weighted by Gasteiger charge is -2.13. The fourth-order valence-electron chi connectivity index (χ4n) is 1.02. The summed E-state index contributed by atoms with van der Waals surface area (Å²) < 4.78 is 10.3. The molecule has 0 heterocycles. The molecular weight excluding hydrogens is 182 g/mol. The van der Waals surface area contributed by atoms with E-state index in [2.05, 4.69) is 5.32 Å². The van der Waals surface area contributed by atoms with Gasteiger partial charge in [-0.3, -0.25) is 4.79 Å². The van der Waals surface area contributed by atoms with Gasteiger partial charge in [-0.25, -0.2) is 0 Å². The average Bonchev–Trinajstić information content (AvgIpc) is 2.14. The van der Waals surface area contributed by atoms with Gasteiger partial charge in [0.1, 0.15) is 12.6 Å². The normalized spacial score (nSPS) is 12.9. The highest BCUT2D eigenvalue weighted by molar-refractivity contribution is 5.75. The fourth-order valence-corrected chi connectivity index (χ4v) is 1.02. The molecule has 0 rings (SSSR count). The highest BCUT2D eigenvalue weighted by Gasteiger charge is 2.14. The van der Waals surface area contributed by atoms with Crippen LogP contribution in [0, 0.1) is 0 Å². The first-order valence-electron chi connectivity index (χ1n) is 5.07. The predicted molar refractivity (Wildman–Crippen MR) is 55.2 cm³/mol. The summed E-state index contributed by atoms with van der Waals surface area (Å²) in [5.41, 5.74) is 0. The van der Waals surface area contributed by atoms with Gasteiger partial charge in [-0.15, -0.1) is 0 Å². The third-order valence-electron chi connectivity index (χ3n) is 1.82. The number of ether oxygens (including phenoxy) is 2. The van der Waals surface area contributed by atoms with Crippen molar-refractivity contribution in [3.63, 3.8) is 0 Å². The second-order valence-electron chi connectivity index (χ2n) is 3.34. The van der Waals surface area contributed by atoms with E-state index in [1.807, 2.05) is 20.8 Å². The Morgan fingerprint density at radius 3 is 2.43 bits per heavy atom. The molecule has 0 bridgehead atoms. The van der Waals surface area contributed by atoms with Gasteiger partial charge in [0, 0.05) is 0 Å². The Bertz CT molecular complexity index is 155. The number of likely N-dealkylation sites (N-methyl/N-ethyl adjacent to an activating group) is 1. The molecule has 14 heavy (non-hydrogen) atoms. The Labute approximate surface area is 86.0 Å². The number of carbonyl (C=O) groups is 1. The molecule has 0 aliphatic rings. The third kappa shape index (κ3) is 5.94. The SMILES string of the molecule is CCC(NC)C(=O)OCCOC(C)C. The number of nitrogens with one attached hydrogen (secondary N) is 1. The minimum absolute atomic E-state index is 0.181. The van der Waals surface area contributed by atoms with Crippen LogP contribution < -0.4 is 5.32 Å². The molecule has 0 saturated heterocycles. The van der Waals surface area contributed by atoms with Gasteiger partial charge in [0.25, 0.3) is 0 Å². The topological polar surface area (TPSA) is 47.6 Å². The largest absolute Gasteiger partial charge is 0.462 e. The maximum Gasteiger partial charge on any atom is 0.323 e. The van der Waals surface area contributed by atoms with Crippen molar-refractivity contribution in [2.45, 2.75) is 39.3 Å². The van der Waals surface area contributed by atoms with E-state index in [1.54, 1.807) is 7.05 Å². The van der Waals surface area contributed by atoms with Crippen molar-refractivity contribution >= 4 is 5.97 Å². The van der Waals surface area contributed by atoms with Crippen molar-refractivity contribution in [3.05, 3.63) is 0 Å². The summed E-state index contributed by atoms with van der Waals surface area (Å²) >= 11 is 0. The Morgan fingerprint density at radius 1 is 1.36 bits per heavy atom. The lowest BCUT2D eigenvalue weighted by molar-refractivity contribution is -0.148. The molecular formula is C10H21NO3. The standard InChI is InChI=1S/C10H21NO3/c1-5-9(11-4)10(12)14-7-6-13-8(2)3/h8-9,11H,5-7H2,1-4H3. The van der Waals surface area contributed by atoms with Crippen LogP contribution in [0.5, 0.6) is 0 Å². The summed E-state index contributed by atoms with van der Waals surface area (Å²) in [6.07, 6.45) is 0.917. The van der Waals surface area contributed by atoms with Gasteiger partial charge in [-0.1, -0.05) is 6.92 Å². The lowest BCUT2D eigenvalue weighted by Crippen LogP contribution is -2.35. The maximum atomic E-state index is 11.3. The van der Waals surface area contributed by atoms with Crippen LogP contribution in [-0.4, -0.2) is 38.4 Å². The van der Waals surface area contributed by atoms with Crippen molar-refractivity contribution in [1.29, 1.82) is 0 Å². The van der Waals surface area contributed by atoms with Crippen LogP contribution in [0.4, 0.5) is 0 Å². The minimum Gasteiger partial charge on any atom is -0.462 e. The molecule has 0 amide bonds. The van der Waals surface area contributed by atoms with Gasteiger partial charge < -0.3 is 14.8 Å². The Kier molecular flexibility index (Phi) is 7.42. The number of esters is 1. The molecule has 0 aromatic carbocycles. The first-order valence-corrected chi connectivity index (χ1v) is 5.07. The summed E-state index contributed by atoms with van der Waals surface area (Å²) in [4.78, 5) is 11.3. The van der Waals surface area contributed by atoms with Crippen molar-refractivity contribution in [2.24, 2.45) is 0 Å². The molecule has 0 saturated carbocycles. The van der Waals surface area contributed by atoms with E-state index in [0.717, 1.165) is 6.42 Å². The van der Waals surface area contributed by atoms with Crippen molar-refractivity contribution in [2.75, 3.05) is 20.3 Å². The highest BCUT2D eigenvalue weighted by atomic mass is 16.6. The highest BCUT2D eigenvalue weighted by Crippen LogP contribution is 1.94. The average molecular weight is 203 g/mol. The molecule has 0 fully saturated rings. The quantitative estimate of drug-likeness (QED) is 0.494. The summed E-state index contributed by atoms with van der Waals surface area (Å²) in [7, 11) is 1.75. The van der Waals surface area contributed by atoms with Crippen molar-refractivity contribution in [1.82, 2.24) is 5.32 Å². The smallest absolute Gasteiger partial charge is 0.323 e. The van der Waals surface area contributed by atoms with Crippen LogP contribution in [0.15, 0.2) is 0 Å². The monoisotopic (exact) mass is 203 g/mol. The molecule has 0 spiro atoms. The zero-order valence-electron chi connectivity index (χ0n) is 9.50. The Hall–Kier alpha value is -0.610.